The summed E-state index contributed by atoms with van der Waals surface area (Å²) < 4.78 is 16.0. The van der Waals surface area contributed by atoms with Gasteiger partial charge in [0.25, 0.3) is 0 Å². The van der Waals surface area contributed by atoms with Crippen LogP contribution in [0.15, 0.2) is 35.6 Å². The van der Waals surface area contributed by atoms with Crippen molar-refractivity contribution in [2.24, 2.45) is 10.9 Å². The van der Waals surface area contributed by atoms with Crippen molar-refractivity contribution in [3.63, 3.8) is 0 Å². The lowest BCUT2D eigenvalue weighted by Crippen LogP contribution is -2.15. The first-order valence-electron chi connectivity index (χ1n) is 6.08. The van der Waals surface area contributed by atoms with Crippen LogP contribution in [0.25, 0.3) is 0 Å². The Bertz CT molecular complexity index is 690. The Morgan fingerprint density at radius 1 is 1.33 bits per heavy atom. The van der Waals surface area contributed by atoms with Gasteiger partial charge in [-0.05, 0) is 23.8 Å². The van der Waals surface area contributed by atoms with Crippen LogP contribution in [0.2, 0.25) is 0 Å². The van der Waals surface area contributed by atoms with Crippen LogP contribution in [-0.4, -0.2) is 27.8 Å². The van der Waals surface area contributed by atoms with Crippen molar-refractivity contribution < 1.29 is 19.4 Å². The molecule has 0 unspecified atom stereocenters. The molecule has 0 saturated heterocycles. The van der Waals surface area contributed by atoms with Crippen LogP contribution in [0, 0.1) is 0 Å². The Kier molecular flexibility index (Phi) is 3.42. The van der Waals surface area contributed by atoms with Crippen molar-refractivity contribution in [2.45, 2.75) is 6.61 Å². The van der Waals surface area contributed by atoms with E-state index in [0.717, 1.165) is 5.56 Å². The maximum Gasteiger partial charge on any atom is 0.317 e. The smallest absolute Gasteiger partial charge is 0.317 e. The van der Waals surface area contributed by atoms with Crippen LogP contribution in [-0.2, 0) is 6.61 Å². The van der Waals surface area contributed by atoms with Crippen molar-refractivity contribution in [1.82, 2.24) is 9.97 Å². The highest BCUT2D eigenvalue weighted by Crippen LogP contribution is 2.32. The van der Waals surface area contributed by atoms with Crippen LogP contribution in [0.5, 0.6) is 17.5 Å². The predicted octanol–water partition coefficient (Wildman–Crippen LogP) is 0.879. The highest BCUT2D eigenvalue weighted by molar-refractivity contribution is 5.95. The van der Waals surface area contributed by atoms with Gasteiger partial charge in [-0.2, -0.15) is 4.98 Å². The summed E-state index contributed by atoms with van der Waals surface area (Å²) in [5.74, 6) is 1.29. The number of hydrogen-bond donors (Lipinski definition) is 2. The minimum absolute atomic E-state index is 0.106. The van der Waals surface area contributed by atoms with Gasteiger partial charge in [-0.1, -0.05) is 11.2 Å². The highest BCUT2D eigenvalue weighted by Gasteiger charge is 2.13. The average molecular weight is 288 g/mol. The third kappa shape index (κ3) is 2.78. The summed E-state index contributed by atoms with van der Waals surface area (Å²) in [5.41, 5.74) is 6.63. The Hall–Kier alpha value is -3.03. The van der Waals surface area contributed by atoms with E-state index >= 15 is 0 Å². The predicted molar refractivity (Wildman–Crippen MR) is 71.4 cm³/mol. The number of rotatable bonds is 4. The SMILES string of the molecule is N/C(=N/O)c1ccnc(OCc2ccc3c(c2)OCO3)n1. The van der Waals surface area contributed by atoms with Crippen LogP contribution in [0.1, 0.15) is 11.3 Å². The molecular formula is C13H12N4O4. The Morgan fingerprint density at radius 3 is 3.05 bits per heavy atom. The van der Waals surface area contributed by atoms with E-state index in [1.54, 1.807) is 0 Å². The molecule has 0 bridgehead atoms. The molecule has 0 fully saturated rings. The zero-order valence-corrected chi connectivity index (χ0v) is 10.9. The molecule has 0 amide bonds. The molecule has 2 aromatic rings. The van der Waals surface area contributed by atoms with Crippen LogP contribution in [0.3, 0.4) is 0 Å². The lowest BCUT2D eigenvalue weighted by Gasteiger charge is -2.06. The molecule has 0 atom stereocenters. The molecule has 1 aliphatic heterocycles. The fraction of sp³-hybridized carbons (Fsp3) is 0.154. The summed E-state index contributed by atoms with van der Waals surface area (Å²) in [6.07, 6.45) is 1.47. The molecule has 0 saturated carbocycles. The molecule has 1 aliphatic rings. The number of hydrogen-bond acceptors (Lipinski definition) is 7. The van der Waals surface area contributed by atoms with E-state index in [2.05, 4.69) is 15.1 Å². The van der Waals surface area contributed by atoms with E-state index in [9.17, 15) is 0 Å². The quantitative estimate of drug-likeness (QED) is 0.371. The van der Waals surface area contributed by atoms with Crippen molar-refractivity contribution in [3.8, 4) is 17.5 Å². The minimum Gasteiger partial charge on any atom is -0.459 e. The van der Waals surface area contributed by atoms with Crippen molar-refractivity contribution in [3.05, 3.63) is 41.7 Å². The van der Waals surface area contributed by atoms with Crippen LogP contribution < -0.4 is 19.9 Å². The fourth-order valence-electron chi connectivity index (χ4n) is 1.78. The number of nitrogens with two attached hydrogens (primary N) is 1. The summed E-state index contributed by atoms with van der Waals surface area (Å²) in [6.45, 7) is 0.487. The second-order valence-electron chi connectivity index (χ2n) is 4.19. The van der Waals surface area contributed by atoms with Gasteiger partial charge >= 0.3 is 6.01 Å². The van der Waals surface area contributed by atoms with E-state index < -0.39 is 0 Å². The topological polar surface area (TPSA) is 112 Å². The van der Waals surface area contributed by atoms with E-state index in [-0.39, 0.29) is 30.9 Å². The molecule has 2 heterocycles. The zero-order valence-electron chi connectivity index (χ0n) is 10.9. The molecule has 108 valence electrons. The third-order valence-electron chi connectivity index (χ3n) is 2.81. The minimum atomic E-state index is -0.106. The normalized spacial score (nSPS) is 13.2. The van der Waals surface area contributed by atoms with Gasteiger partial charge in [0.15, 0.2) is 17.3 Å². The summed E-state index contributed by atoms with van der Waals surface area (Å²) in [7, 11) is 0. The highest BCUT2D eigenvalue weighted by atomic mass is 16.7. The molecule has 0 spiro atoms. The van der Waals surface area contributed by atoms with Crippen LogP contribution >= 0.6 is 0 Å². The third-order valence-corrected chi connectivity index (χ3v) is 2.81. The Balaban J connectivity index is 1.70. The monoisotopic (exact) mass is 288 g/mol. The number of nitrogens with zero attached hydrogens (tertiary/aromatic N) is 3. The summed E-state index contributed by atoms with van der Waals surface area (Å²) >= 11 is 0. The summed E-state index contributed by atoms with van der Waals surface area (Å²) in [6, 6.07) is 7.16. The van der Waals surface area contributed by atoms with Gasteiger partial charge in [0.2, 0.25) is 6.79 Å². The second kappa shape index (κ2) is 5.53. The fourth-order valence-corrected chi connectivity index (χ4v) is 1.78. The number of ether oxygens (including phenoxy) is 3. The zero-order chi connectivity index (χ0) is 14.7. The van der Waals surface area contributed by atoms with E-state index in [0.29, 0.717) is 11.5 Å². The Morgan fingerprint density at radius 2 is 2.19 bits per heavy atom. The van der Waals surface area contributed by atoms with Gasteiger partial charge in [-0.15, -0.1) is 0 Å². The van der Waals surface area contributed by atoms with E-state index in [1.807, 2.05) is 18.2 Å². The number of benzene rings is 1. The van der Waals surface area contributed by atoms with Crippen molar-refractivity contribution in [2.75, 3.05) is 6.79 Å². The van der Waals surface area contributed by atoms with E-state index in [1.165, 1.54) is 12.3 Å². The first-order chi connectivity index (χ1) is 10.3. The lowest BCUT2D eigenvalue weighted by atomic mass is 10.2. The molecule has 8 nitrogen and oxygen atoms in total. The molecular weight excluding hydrogens is 276 g/mol. The van der Waals surface area contributed by atoms with Crippen molar-refractivity contribution in [1.29, 1.82) is 0 Å². The molecule has 0 aliphatic carbocycles. The Labute approximate surface area is 119 Å². The second-order valence-corrected chi connectivity index (χ2v) is 4.19. The average Bonchev–Trinajstić information content (AvgIpc) is 3.00. The van der Waals surface area contributed by atoms with Gasteiger partial charge in [0.1, 0.15) is 12.3 Å². The molecule has 1 aromatic carbocycles. The first kappa shape index (κ1) is 13.0. The van der Waals surface area contributed by atoms with Crippen molar-refractivity contribution >= 4 is 5.84 Å². The van der Waals surface area contributed by atoms with Gasteiger partial charge in [-0.25, -0.2) is 4.98 Å². The van der Waals surface area contributed by atoms with Gasteiger partial charge in [-0.3, -0.25) is 0 Å². The van der Waals surface area contributed by atoms with E-state index in [4.69, 9.17) is 25.2 Å². The number of aromatic nitrogens is 2. The van der Waals surface area contributed by atoms with Gasteiger partial charge in [0.05, 0.1) is 0 Å². The molecule has 21 heavy (non-hydrogen) atoms. The number of fused-ring (bicyclic) bond motifs is 1. The summed E-state index contributed by atoms with van der Waals surface area (Å²) in [5, 5.41) is 11.5. The van der Waals surface area contributed by atoms with Gasteiger partial charge < -0.3 is 25.2 Å². The maximum atomic E-state index is 8.61. The number of amidine groups is 1. The van der Waals surface area contributed by atoms with Gasteiger partial charge in [0, 0.05) is 6.20 Å². The first-order valence-corrected chi connectivity index (χ1v) is 6.08. The van der Waals surface area contributed by atoms with Crippen LogP contribution in [0.4, 0.5) is 0 Å². The molecule has 0 radical (unpaired) electrons. The summed E-state index contributed by atoms with van der Waals surface area (Å²) in [4.78, 5) is 7.99. The molecule has 3 N–H and O–H groups in total. The largest absolute Gasteiger partial charge is 0.459 e. The molecule has 1 aromatic heterocycles. The molecule has 3 rings (SSSR count). The maximum absolute atomic E-state index is 8.61. The number of oxime groups is 1. The molecule has 8 heteroatoms. The lowest BCUT2D eigenvalue weighted by molar-refractivity contribution is 0.174. The standard InChI is InChI=1S/C13H12N4O4/c14-12(17-18)9-3-4-15-13(16-9)19-6-8-1-2-10-11(5-8)21-7-20-10/h1-5,18H,6-7H2,(H2,14,17).